The normalized spacial score (nSPS) is 11.4. The maximum absolute atomic E-state index is 12.2. The fourth-order valence-electron chi connectivity index (χ4n) is 1.62. The lowest BCUT2D eigenvalue weighted by Gasteiger charge is -2.08. The summed E-state index contributed by atoms with van der Waals surface area (Å²) in [5, 5.41) is 6.40. The number of H-pyrrole nitrogens is 1. The van der Waals surface area contributed by atoms with Crippen molar-refractivity contribution in [1.82, 2.24) is 10.2 Å². The first-order valence-corrected chi connectivity index (χ1v) is 8.41. The Morgan fingerprint density at radius 2 is 2.00 bits per heavy atom. The van der Waals surface area contributed by atoms with Gasteiger partial charge in [0.15, 0.2) is 5.82 Å². The summed E-state index contributed by atoms with van der Waals surface area (Å²) in [6, 6.07) is 7.44. The SMILES string of the molecule is CCOCCOc1ccc(S(=O)(=O)Nc2cc(Cl)[nH]n2)cc1. The number of anilines is 1. The highest BCUT2D eigenvalue weighted by molar-refractivity contribution is 7.92. The van der Waals surface area contributed by atoms with Crippen LogP contribution in [0.1, 0.15) is 6.92 Å². The number of ether oxygens (including phenoxy) is 2. The van der Waals surface area contributed by atoms with Crippen LogP contribution in [0, 0.1) is 0 Å². The fraction of sp³-hybridized carbons (Fsp3) is 0.308. The molecule has 120 valence electrons. The zero-order chi connectivity index (χ0) is 16.0. The van der Waals surface area contributed by atoms with Crippen molar-refractivity contribution in [1.29, 1.82) is 0 Å². The molecule has 0 bridgehead atoms. The van der Waals surface area contributed by atoms with Crippen LogP contribution in [0.2, 0.25) is 5.15 Å². The molecule has 0 amide bonds. The molecule has 22 heavy (non-hydrogen) atoms. The summed E-state index contributed by atoms with van der Waals surface area (Å²) < 4.78 is 37.2. The van der Waals surface area contributed by atoms with Crippen molar-refractivity contribution in [2.45, 2.75) is 11.8 Å². The number of nitrogens with one attached hydrogen (secondary N) is 2. The van der Waals surface area contributed by atoms with Crippen LogP contribution in [0.25, 0.3) is 0 Å². The van der Waals surface area contributed by atoms with Gasteiger partial charge in [-0.25, -0.2) is 8.42 Å². The molecule has 0 radical (unpaired) electrons. The largest absolute Gasteiger partial charge is 0.491 e. The second kappa shape index (κ2) is 7.48. The number of hydrogen-bond acceptors (Lipinski definition) is 5. The summed E-state index contributed by atoms with van der Waals surface area (Å²) in [5.74, 6) is 0.698. The third-order valence-corrected chi connectivity index (χ3v) is 4.18. The van der Waals surface area contributed by atoms with Crippen molar-refractivity contribution >= 4 is 27.4 Å². The molecule has 0 aliphatic heterocycles. The maximum atomic E-state index is 12.2. The summed E-state index contributed by atoms with van der Waals surface area (Å²) >= 11 is 5.65. The Bertz CT molecular complexity index is 700. The lowest BCUT2D eigenvalue weighted by Crippen LogP contribution is -2.13. The van der Waals surface area contributed by atoms with Crippen LogP contribution in [-0.2, 0) is 14.8 Å². The van der Waals surface area contributed by atoms with E-state index in [1.165, 1.54) is 18.2 Å². The van der Waals surface area contributed by atoms with Crippen molar-refractivity contribution in [2.24, 2.45) is 0 Å². The highest BCUT2D eigenvalue weighted by Gasteiger charge is 2.15. The van der Waals surface area contributed by atoms with Crippen molar-refractivity contribution in [3.8, 4) is 5.75 Å². The molecule has 1 heterocycles. The summed E-state index contributed by atoms with van der Waals surface area (Å²) in [7, 11) is -3.72. The Balaban J connectivity index is 1.99. The Kier molecular flexibility index (Phi) is 5.64. The Morgan fingerprint density at radius 3 is 2.59 bits per heavy atom. The first kappa shape index (κ1) is 16.6. The van der Waals surface area contributed by atoms with Gasteiger partial charge >= 0.3 is 0 Å². The van der Waals surface area contributed by atoms with Gasteiger partial charge in [-0.05, 0) is 31.2 Å². The van der Waals surface area contributed by atoms with Gasteiger partial charge in [-0.3, -0.25) is 9.82 Å². The molecule has 0 saturated carbocycles. The molecule has 0 fully saturated rings. The van der Waals surface area contributed by atoms with Crippen molar-refractivity contribution < 1.29 is 17.9 Å². The average Bonchev–Trinajstić information content (AvgIpc) is 2.88. The third-order valence-electron chi connectivity index (χ3n) is 2.62. The van der Waals surface area contributed by atoms with Gasteiger partial charge in [0, 0.05) is 12.7 Å². The molecule has 2 aromatic rings. The molecular formula is C13H16ClN3O4S. The topological polar surface area (TPSA) is 93.3 Å². The van der Waals surface area contributed by atoms with E-state index in [1.807, 2.05) is 6.92 Å². The standard InChI is InChI=1S/C13H16ClN3O4S/c1-2-20-7-8-21-10-3-5-11(6-4-10)22(18,19)17-13-9-12(14)15-16-13/h3-6,9H,2,7-8H2,1H3,(H2,15,16,17). The smallest absolute Gasteiger partial charge is 0.263 e. The Labute approximate surface area is 133 Å². The number of halogens is 1. The molecule has 0 saturated heterocycles. The van der Waals surface area contributed by atoms with E-state index in [-0.39, 0.29) is 15.9 Å². The first-order chi connectivity index (χ1) is 10.5. The number of aromatic nitrogens is 2. The van der Waals surface area contributed by atoms with Crippen LogP contribution in [0.3, 0.4) is 0 Å². The van der Waals surface area contributed by atoms with E-state index >= 15 is 0 Å². The van der Waals surface area contributed by atoms with Crippen LogP contribution in [0.5, 0.6) is 5.75 Å². The highest BCUT2D eigenvalue weighted by atomic mass is 35.5. The van der Waals surface area contributed by atoms with E-state index in [0.29, 0.717) is 25.6 Å². The molecular weight excluding hydrogens is 330 g/mol. The Morgan fingerprint density at radius 1 is 1.27 bits per heavy atom. The van der Waals surface area contributed by atoms with Gasteiger partial charge in [0.2, 0.25) is 0 Å². The molecule has 0 atom stereocenters. The van der Waals surface area contributed by atoms with Crippen molar-refractivity contribution in [3.05, 3.63) is 35.5 Å². The molecule has 0 spiro atoms. The second-order valence-electron chi connectivity index (χ2n) is 4.22. The van der Waals surface area contributed by atoms with Crippen molar-refractivity contribution in [3.63, 3.8) is 0 Å². The van der Waals surface area contributed by atoms with Gasteiger partial charge in [0.05, 0.1) is 11.5 Å². The van der Waals surface area contributed by atoms with E-state index < -0.39 is 10.0 Å². The minimum Gasteiger partial charge on any atom is -0.491 e. The van der Waals surface area contributed by atoms with Crippen LogP contribution in [-0.4, -0.2) is 38.4 Å². The van der Waals surface area contributed by atoms with E-state index in [2.05, 4.69) is 14.9 Å². The first-order valence-electron chi connectivity index (χ1n) is 6.55. The molecule has 1 aromatic heterocycles. The molecule has 0 aliphatic carbocycles. The molecule has 2 rings (SSSR count). The van der Waals surface area contributed by atoms with Crippen LogP contribution in [0.4, 0.5) is 5.82 Å². The van der Waals surface area contributed by atoms with Gasteiger partial charge in [-0.1, -0.05) is 11.6 Å². The molecule has 7 nitrogen and oxygen atoms in total. The van der Waals surface area contributed by atoms with Crippen LogP contribution >= 0.6 is 11.6 Å². The van der Waals surface area contributed by atoms with Gasteiger partial charge in [-0.15, -0.1) is 0 Å². The molecule has 9 heteroatoms. The number of benzene rings is 1. The minimum atomic E-state index is -3.72. The number of rotatable bonds is 8. The predicted molar refractivity (Wildman–Crippen MR) is 82.8 cm³/mol. The number of nitrogens with zero attached hydrogens (tertiary/aromatic N) is 1. The Hall–Kier alpha value is -1.77. The van der Waals surface area contributed by atoms with E-state index in [4.69, 9.17) is 21.1 Å². The van der Waals surface area contributed by atoms with Crippen LogP contribution in [0.15, 0.2) is 35.2 Å². The quantitative estimate of drug-likeness (QED) is 0.716. The van der Waals surface area contributed by atoms with Crippen LogP contribution < -0.4 is 9.46 Å². The van der Waals surface area contributed by atoms with E-state index in [1.54, 1.807) is 12.1 Å². The van der Waals surface area contributed by atoms with E-state index in [0.717, 1.165) is 0 Å². The van der Waals surface area contributed by atoms with Gasteiger partial charge < -0.3 is 9.47 Å². The average molecular weight is 346 g/mol. The lowest BCUT2D eigenvalue weighted by molar-refractivity contribution is 0.110. The second-order valence-corrected chi connectivity index (χ2v) is 6.31. The summed E-state index contributed by atoms with van der Waals surface area (Å²) in [6.07, 6.45) is 0. The highest BCUT2D eigenvalue weighted by Crippen LogP contribution is 2.19. The minimum absolute atomic E-state index is 0.101. The molecule has 0 aliphatic rings. The number of aromatic amines is 1. The zero-order valence-corrected chi connectivity index (χ0v) is 13.4. The maximum Gasteiger partial charge on any atom is 0.263 e. The lowest BCUT2D eigenvalue weighted by atomic mass is 10.3. The third kappa shape index (κ3) is 4.62. The monoisotopic (exact) mass is 345 g/mol. The number of sulfonamides is 1. The van der Waals surface area contributed by atoms with Gasteiger partial charge in [0.1, 0.15) is 17.5 Å². The predicted octanol–water partition coefficient (Wildman–Crippen LogP) is 2.28. The zero-order valence-electron chi connectivity index (χ0n) is 11.9. The molecule has 1 aromatic carbocycles. The number of hydrogen-bond donors (Lipinski definition) is 2. The summed E-state index contributed by atoms with van der Waals surface area (Å²) in [6.45, 7) is 3.42. The fourth-order valence-corrected chi connectivity index (χ4v) is 2.76. The van der Waals surface area contributed by atoms with Gasteiger partial charge in [-0.2, -0.15) is 5.10 Å². The van der Waals surface area contributed by atoms with Gasteiger partial charge in [0.25, 0.3) is 10.0 Å². The molecule has 0 unspecified atom stereocenters. The van der Waals surface area contributed by atoms with Crippen molar-refractivity contribution in [2.75, 3.05) is 24.5 Å². The summed E-state index contributed by atoms with van der Waals surface area (Å²) in [4.78, 5) is 0.101. The summed E-state index contributed by atoms with van der Waals surface area (Å²) in [5.41, 5.74) is 0. The van der Waals surface area contributed by atoms with E-state index in [9.17, 15) is 8.42 Å². The molecule has 2 N–H and O–H groups in total.